The second-order valence-corrected chi connectivity index (χ2v) is 6.26. The highest BCUT2D eigenvalue weighted by Crippen LogP contribution is 2.32. The zero-order chi connectivity index (χ0) is 17.8. The number of halogens is 1. The number of benzene rings is 2. The summed E-state index contributed by atoms with van der Waals surface area (Å²) in [5.41, 5.74) is 1.61. The number of amides is 1. The van der Waals surface area contributed by atoms with Crippen LogP contribution in [0.15, 0.2) is 42.5 Å². The third-order valence-corrected chi connectivity index (χ3v) is 4.60. The minimum absolute atomic E-state index is 0.0246. The molecule has 0 spiro atoms. The van der Waals surface area contributed by atoms with Crippen molar-refractivity contribution in [1.29, 1.82) is 0 Å². The van der Waals surface area contributed by atoms with Gasteiger partial charge in [-0.25, -0.2) is 0 Å². The van der Waals surface area contributed by atoms with Gasteiger partial charge in [0, 0.05) is 36.8 Å². The molecule has 0 radical (unpaired) electrons. The number of rotatable bonds is 4. The van der Waals surface area contributed by atoms with Crippen molar-refractivity contribution in [1.82, 2.24) is 4.90 Å². The quantitative estimate of drug-likeness (QED) is 0.838. The largest absolute Gasteiger partial charge is 0.497 e. The SMILES string of the molecule is COc1cccc(C(=O)N2CCN(c3cc(Cl)ccc3OC)CC2)c1. The van der Waals surface area contributed by atoms with E-state index in [-0.39, 0.29) is 5.91 Å². The Morgan fingerprint density at radius 2 is 1.76 bits per heavy atom. The summed E-state index contributed by atoms with van der Waals surface area (Å²) in [5, 5.41) is 0.672. The Hall–Kier alpha value is -2.40. The van der Waals surface area contributed by atoms with Gasteiger partial charge in [0.1, 0.15) is 11.5 Å². The fourth-order valence-corrected chi connectivity index (χ4v) is 3.17. The van der Waals surface area contributed by atoms with Crippen molar-refractivity contribution in [2.45, 2.75) is 0 Å². The van der Waals surface area contributed by atoms with Gasteiger partial charge in [-0.2, -0.15) is 0 Å². The van der Waals surface area contributed by atoms with Crippen LogP contribution in [0.4, 0.5) is 5.69 Å². The molecule has 1 aliphatic rings. The van der Waals surface area contributed by atoms with Crippen LogP contribution in [-0.4, -0.2) is 51.2 Å². The summed E-state index contributed by atoms with van der Waals surface area (Å²) >= 11 is 6.12. The number of ether oxygens (including phenoxy) is 2. The summed E-state index contributed by atoms with van der Waals surface area (Å²) in [4.78, 5) is 16.8. The lowest BCUT2D eigenvalue weighted by molar-refractivity contribution is 0.0746. The molecule has 1 heterocycles. The molecular formula is C19H21ClN2O3. The number of nitrogens with zero attached hydrogens (tertiary/aromatic N) is 2. The maximum Gasteiger partial charge on any atom is 0.254 e. The molecule has 0 atom stereocenters. The summed E-state index contributed by atoms with van der Waals surface area (Å²) in [6, 6.07) is 12.8. The lowest BCUT2D eigenvalue weighted by Crippen LogP contribution is -2.48. The lowest BCUT2D eigenvalue weighted by Gasteiger charge is -2.36. The Labute approximate surface area is 152 Å². The first-order chi connectivity index (χ1) is 12.1. The monoisotopic (exact) mass is 360 g/mol. The van der Waals surface area contributed by atoms with E-state index in [0.717, 1.165) is 24.5 Å². The number of anilines is 1. The van der Waals surface area contributed by atoms with Crippen molar-refractivity contribution in [2.24, 2.45) is 0 Å². The van der Waals surface area contributed by atoms with E-state index in [1.54, 1.807) is 20.3 Å². The highest BCUT2D eigenvalue weighted by Gasteiger charge is 2.24. The Kier molecular flexibility index (Phi) is 5.34. The predicted octanol–water partition coefficient (Wildman–Crippen LogP) is 3.32. The van der Waals surface area contributed by atoms with E-state index in [0.29, 0.717) is 29.4 Å². The number of hydrogen-bond acceptors (Lipinski definition) is 4. The predicted molar refractivity (Wildman–Crippen MR) is 99.1 cm³/mol. The minimum Gasteiger partial charge on any atom is -0.497 e. The van der Waals surface area contributed by atoms with Gasteiger partial charge < -0.3 is 19.3 Å². The fraction of sp³-hybridized carbons (Fsp3) is 0.316. The van der Waals surface area contributed by atoms with Crippen molar-refractivity contribution in [3.8, 4) is 11.5 Å². The van der Waals surface area contributed by atoms with Crippen LogP contribution in [0.1, 0.15) is 10.4 Å². The van der Waals surface area contributed by atoms with Gasteiger partial charge in [-0.05, 0) is 36.4 Å². The van der Waals surface area contributed by atoms with Crippen molar-refractivity contribution >= 4 is 23.2 Å². The number of methoxy groups -OCH3 is 2. The average Bonchev–Trinajstić information content (AvgIpc) is 2.67. The number of hydrogen-bond donors (Lipinski definition) is 0. The Balaban J connectivity index is 1.69. The first kappa shape index (κ1) is 17.4. The van der Waals surface area contributed by atoms with Crippen LogP contribution in [0.5, 0.6) is 11.5 Å². The van der Waals surface area contributed by atoms with Gasteiger partial charge in [-0.3, -0.25) is 4.79 Å². The molecule has 132 valence electrons. The van der Waals surface area contributed by atoms with Crippen molar-refractivity contribution < 1.29 is 14.3 Å². The molecule has 0 unspecified atom stereocenters. The molecule has 0 aromatic heterocycles. The fourth-order valence-electron chi connectivity index (χ4n) is 3.00. The van der Waals surface area contributed by atoms with Crippen LogP contribution in [-0.2, 0) is 0 Å². The minimum atomic E-state index is 0.0246. The van der Waals surface area contributed by atoms with E-state index in [4.69, 9.17) is 21.1 Å². The zero-order valence-electron chi connectivity index (χ0n) is 14.4. The maximum atomic E-state index is 12.7. The molecule has 1 saturated heterocycles. The van der Waals surface area contributed by atoms with Crippen LogP contribution >= 0.6 is 11.6 Å². The van der Waals surface area contributed by atoms with E-state index < -0.39 is 0 Å². The molecule has 0 aliphatic carbocycles. The molecule has 0 N–H and O–H groups in total. The first-order valence-corrected chi connectivity index (χ1v) is 8.52. The third kappa shape index (κ3) is 3.82. The highest BCUT2D eigenvalue weighted by atomic mass is 35.5. The van der Waals surface area contributed by atoms with Crippen molar-refractivity contribution in [3.63, 3.8) is 0 Å². The summed E-state index contributed by atoms with van der Waals surface area (Å²) in [7, 11) is 3.25. The molecule has 6 heteroatoms. The molecule has 0 bridgehead atoms. The maximum absolute atomic E-state index is 12.7. The second kappa shape index (κ2) is 7.66. The smallest absolute Gasteiger partial charge is 0.254 e. The van der Waals surface area contributed by atoms with Gasteiger partial charge in [0.05, 0.1) is 19.9 Å². The van der Waals surface area contributed by atoms with Gasteiger partial charge in [0.15, 0.2) is 0 Å². The number of carbonyl (C=O) groups excluding carboxylic acids is 1. The van der Waals surface area contributed by atoms with Crippen molar-refractivity contribution in [3.05, 3.63) is 53.1 Å². The Bertz CT molecular complexity index is 758. The molecule has 3 rings (SSSR count). The van der Waals surface area contributed by atoms with E-state index in [1.165, 1.54) is 0 Å². The van der Waals surface area contributed by atoms with E-state index >= 15 is 0 Å². The van der Waals surface area contributed by atoms with Crippen LogP contribution in [0.25, 0.3) is 0 Å². The number of carbonyl (C=O) groups is 1. The summed E-state index contributed by atoms with van der Waals surface area (Å²) in [6.07, 6.45) is 0. The number of piperazine rings is 1. The van der Waals surface area contributed by atoms with Crippen LogP contribution in [0, 0.1) is 0 Å². The standard InChI is InChI=1S/C19H21ClN2O3/c1-24-16-5-3-4-14(12-16)19(23)22-10-8-21(9-11-22)17-13-15(20)6-7-18(17)25-2/h3-7,12-13H,8-11H2,1-2H3. The molecule has 2 aromatic rings. The molecule has 1 fully saturated rings. The average molecular weight is 361 g/mol. The van der Waals surface area contributed by atoms with Crippen LogP contribution in [0.2, 0.25) is 5.02 Å². The van der Waals surface area contributed by atoms with E-state index in [2.05, 4.69) is 4.90 Å². The van der Waals surface area contributed by atoms with Crippen molar-refractivity contribution in [2.75, 3.05) is 45.3 Å². The summed E-state index contributed by atoms with van der Waals surface area (Å²) < 4.78 is 10.6. The van der Waals surface area contributed by atoms with Crippen LogP contribution < -0.4 is 14.4 Å². The lowest BCUT2D eigenvalue weighted by atomic mass is 10.1. The van der Waals surface area contributed by atoms with Gasteiger partial charge in [0.2, 0.25) is 0 Å². The molecule has 5 nitrogen and oxygen atoms in total. The molecule has 25 heavy (non-hydrogen) atoms. The van der Waals surface area contributed by atoms with Gasteiger partial charge in [0.25, 0.3) is 5.91 Å². The van der Waals surface area contributed by atoms with Gasteiger partial charge in [-0.1, -0.05) is 17.7 Å². The molecule has 1 aliphatic heterocycles. The Morgan fingerprint density at radius 3 is 2.44 bits per heavy atom. The van der Waals surface area contributed by atoms with Gasteiger partial charge >= 0.3 is 0 Å². The molecule has 2 aromatic carbocycles. The highest BCUT2D eigenvalue weighted by molar-refractivity contribution is 6.30. The molecular weight excluding hydrogens is 340 g/mol. The Morgan fingerprint density at radius 1 is 1.00 bits per heavy atom. The van der Waals surface area contributed by atoms with Gasteiger partial charge in [-0.15, -0.1) is 0 Å². The summed E-state index contributed by atoms with van der Waals surface area (Å²) in [5.74, 6) is 1.50. The third-order valence-electron chi connectivity index (χ3n) is 4.37. The normalized spacial score (nSPS) is 14.4. The van der Waals surface area contributed by atoms with E-state index in [9.17, 15) is 4.79 Å². The summed E-state index contributed by atoms with van der Waals surface area (Å²) in [6.45, 7) is 2.75. The zero-order valence-corrected chi connectivity index (χ0v) is 15.1. The topological polar surface area (TPSA) is 42.0 Å². The first-order valence-electron chi connectivity index (χ1n) is 8.14. The van der Waals surface area contributed by atoms with Crippen LogP contribution in [0.3, 0.4) is 0 Å². The second-order valence-electron chi connectivity index (χ2n) is 5.83. The molecule has 0 saturated carbocycles. The molecule has 1 amide bonds. The van der Waals surface area contributed by atoms with E-state index in [1.807, 2.05) is 41.3 Å².